The fraction of sp³-hybridized carbons (Fsp3) is 0.435. The van der Waals surface area contributed by atoms with Crippen molar-refractivity contribution >= 4 is 5.91 Å². The van der Waals surface area contributed by atoms with Gasteiger partial charge in [-0.2, -0.15) is 0 Å². The summed E-state index contributed by atoms with van der Waals surface area (Å²) in [6.45, 7) is 4.84. The second kappa shape index (κ2) is 8.55. The maximum absolute atomic E-state index is 13.0. The van der Waals surface area contributed by atoms with Gasteiger partial charge in [0.15, 0.2) is 11.5 Å². The third-order valence-corrected chi connectivity index (χ3v) is 5.21. The van der Waals surface area contributed by atoms with Gasteiger partial charge in [-0.15, -0.1) is 0 Å². The number of methoxy groups -OCH3 is 3. The molecule has 28 heavy (non-hydrogen) atoms. The Labute approximate surface area is 167 Å². The Morgan fingerprint density at radius 3 is 2.25 bits per heavy atom. The van der Waals surface area contributed by atoms with E-state index in [1.54, 1.807) is 21.3 Å². The Kier molecular flexibility index (Phi) is 6.12. The molecule has 0 radical (unpaired) electrons. The van der Waals surface area contributed by atoms with Gasteiger partial charge in [0, 0.05) is 13.0 Å². The highest BCUT2D eigenvalue weighted by Gasteiger charge is 2.33. The van der Waals surface area contributed by atoms with Crippen LogP contribution in [-0.2, 0) is 11.2 Å². The lowest BCUT2D eigenvalue weighted by atomic mass is 9.87. The van der Waals surface area contributed by atoms with Crippen LogP contribution >= 0.6 is 0 Å². The van der Waals surface area contributed by atoms with Crippen LogP contribution in [0.3, 0.4) is 0 Å². The molecule has 0 aromatic heterocycles. The predicted octanol–water partition coefficient (Wildman–Crippen LogP) is 4.23. The summed E-state index contributed by atoms with van der Waals surface area (Å²) in [7, 11) is 4.93. The van der Waals surface area contributed by atoms with E-state index in [1.807, 2.05) is 41.3 Å². The van der Waals surface area contributed by atoms with Gasteiger partial charge in [-0.05, 0) is 53.3 Å². The molecular formula is C23H29NO4. The van der Waals surface area contributed by atoms with Crippen LogP contribution in [0, 0.1) is 5.92 Å². The average Bonchev–Trinajstić information content (AvgIpc) is 2.71. The number of carbonyl (C=O) groups excluding carboxylic acids is 1. The zero-order chi connectivity index (χ0) is 20.3. The molecule has 1 aliphatic rings. The Morgan fingerprint density at radius 2 is 1.68 bits per heavy atom. The third kappa shape index (κ3) is 3.93. The van der Waals surface area contributed by atoms with E-state index in [1.165, 1.54) is 5.56 Å². The topological polar surface area (TPSA) is 48.0 Å². The number of amides is 1. The SMILES string of the molecule is COc1ccc([C@H]2c3cc(OC)c(OC)cc3CCN2C(=O)CC(C)C)cc1. The summed E-state index contributed by atoms with van der Waals surface area (Å²) >= 11 is 0. The van der Waals surface area contributed by atoms with Gasteiger partial charge in [-0.3, -0.25) is 4.79 Å². The number of fused-ring (bicyclic) bond motifs is 1. The highest BCUT2D eigenvalue weighted by molar-refractivity contribution is 5.78. The molecule has 0 unspecified atom stereocenters. The minimum Gasteiger partial charge on any atom is -0.497 e. The average molecular weight is 383 g/mol. The normalized spacial score (nSPS) is 15.9. The van der Waals surface area contributed by atoms with E-state index >= 15 is 0 Å². The molecule has 1 aliphatic heterocycles. The molecular weight excluding hydrogens is 354 g/mol. The standard InChI is InChI=1S/C23H29NO4/c1-15(2)12-22(25)24-11-10-17-13-20(27-4)21(28-5)14-19(17)23(24)16-6-8-18(26-3)9-7-16/h6-9,13-15,23H,10-12H2,1-5H3/t23-/m0/s1. The summed E-state index contributed by atoms with van der Waals surface area (Å²) in [5.74, 6) is 2.69. The van der Waals surface area contributed by atoms with Gasteiger partial charge >= 0.3 is 0 Å². The molecule has 0 N–H and O–H groups in total. The first-order valence-electron chi connectivity index (χ1n) is 9.66. The van der Waals surface area contributed by atoms with E-state index in [0.717, 1.165) is 29.0 Å². The molecule has 1 heterocycles. The van der Waals surface area contributed by atoms with Gasteiger partial charge in [0.25, 0.3) is 0 Å². The molecule has 2 aromatic rings. The number of benzene rings is 2. The highest BCUT2D eigenvalue weighted by Crippen LogP contribution is 2.41. The molecule has 5 nitrogen and oxygen atoms in total. The summed E-state index contributed by atoms with van der Waals surface area (Å²) in [5.41, 5.74) is 3.34. The predicted molar refractivity (Wildman–Crippen MR) is 109 cm³/mol. The van der Waals surface area contributed by atoms with Crippen molar-refractivity contribution in [3.8, 4) is 17.2 Å². The summed E-state index contributed by atoms with van der Waals surface area (Å²) in [4.78, 5) is 15.0. The Hall–Kier alpha value is -2.69. The van der Waals surface area contributed by atoms with Gasteiger partial charge in [0.2, 0.25) is 5.91 Å². The quantitative estimate of drug-likeness (QED) is 0.749. The molecule has 5 heteroatoms. The van der Waals surface area contributed by atoms with Crippen LogP contribution in [0.2, 0.25) is 0 Å². The Balaban J connectivity index is 2.10. The largest absolute Gasteiger partial charge is 0.497 e. The monoisotopic (exact) mass is 383 g/mol. The Bertz CT molecular complexity index is 829. The molecule has 1 amide bonds. The third-order valence-electron chi connectivity index (χ3n) is 5.21. The van der Waals surface area contributed by atoms with Crippen molar-refractivity contribution in [2.24, 2.45) is 5.92 Å². The van der Waals surface area contributed by atoms with E-state index < -0.39 is 0 Å². The first-order valence-corrected chi connectivity index (χ1v) is 9.66. The van der Waals surface area contributed by atoms with Crippen molar-refractivity contribution in [2.45, 2.75) is 32.7 Å². The zero-order valence-corrected chi connectivity index (χ0v) is 17.3. The molecule has 0 saturated carbocycles. The maximum atomic E-state index is 13.0. The van der Waals surface area contributed by atoms with E-state index in [9.17, 15) is 4.79 Å². The Morgan fingerprint density at radius 1 is 1.04 bits per heavy atom. The van der Waals surface area contributed by atoms with Crippen LogP contribution < -0.4 is 14.2 Å². The fourth-order valence-electron chi connectivity index (χ4n) is 3.83. The molecule has 0 fully saturated rings. The van der Waals surface area contributed by atoms with Gasteiger partial charge in [-0.25, -0.2) is 0 Å². The summed E-state index contributed by atoms with van der Waals surface area (Å²) in [6.07, 6.45) is 1.33. The second-order valence-electron chi connectivity index (χ2n) is 7.52. The van der Waals surface area contributed by atoms with Crippen LogP contribution in [0.25, 0.3) is 0 Å². The smallest absolute Gasteiger partial charge is 0.223 e. The lowest BCUT2D eigenvalue weighted by Gasteiger charge is -2.38. The van der Waals surface area contributed by atoms with Crippen molar-refractivity contribution < 1.29 is 19.0 Å². The van der Waals surface area contributed by atoms with E-state index in [2.05, 4.69) is 13.8 Å². The molecule has 1 atom stereocenters. The van der Waals surface area contributed by atoms with Gasteiger partial charge in [-0.1, -0.05) is 26.0 Å². The molecule has 0 spiro atoms. The lowest BCUT2D eigenvalue weighted by molar-refractivity contribution is -0.134. The first kappa shape index (κ1) is 20.1. The lowest BCUT2D eigenvalue weighted by Crippen LogP contribution is -2.41. The van der Waals surface area contributed by atoms with Crippen molar-refractivity contribution in [1.82, 2.24) is 4.90 Å². The van der Waals surface area contributed by atoms with E-state index in [4.69, 9.17) is 14.2 Å². The number of hydrogen-bond donors (Lipinski definition) is 0. The van der Waals surface area contributed by atoms with E-state index in [-0.39, 0.29) is 11.9 Å². The van der Waals surface area contributed by atoms with E-state index in [0.29, 0.717) is 24.6 Å². The van der Waals surface area contributed by atoms with Gasteiger partial charge in [0.05, 0.1) is 27.4 Å². The van der Waals surface area contributed by atoms with Crippen LogP contribution in [0.1, 0.15) is 43.0 Å². The number of ether oxygens (including phenoxy) is 3. The maximum Gasteiger partial charge on any atom is 0.223 e. The minimum absolute atomic E-state index is 0.152. The first-order chi connectivity index (χ1) is 13.5. The molecule has 3 rings (SSSR count). The summed E-state index contributed by atoms with van der Waals surface area (Å²) < 4.78 is 16.3. The molecule has 0 bridgehead atoms. The van der Waals surface area contributed by atoms with Gasteiger partial charge < -0.3 is 19.1 Å². The summed E-state index contributed by atoms with van der Waals surface area (Å²) in [6, 6.07) is 11.8. The number of hydrogen-bond acceptors (Lipinski definition) is 4. The summed E-state index contributed by atoms with van der Waals surface area (Å²) in [5, 5.41) is 0. The molecule has 2 aromatic carbocycles. The van der Waals surface area contributed by atoms with Crippen LogP contribution in [0.15, 0.2) is 36.4 Å². The molecule has 0 saturated heterocycles. The minimum atomic E-state index is -0.152. The van der Waals surface area contributed by atoms with Crippen molar-refractivity contribution in [1.29, 1.82) is 0 Å². The second-order valence-corrected chi connectivity index (χ2v) is 7.52. The highest BCUT2D eigenvalue weighted by atomic mass is 16.5. The van der Waals surface area contributed by atoms with Gasteiger partial charge in [0.1, 0.15) is 5.75 Å². The van der Waals surface area contributed by atoms with Crippen LogP contribution in [-0.4, -0.2) is 38.7 Å². The number of rotatable bonds is 6. The van der Waals surface area contributed by atoms with Crippen molar-refractivity contribution in [3.63, 3.8) is 0 Å². The van der Waals surface area contributed by atoms with Crippen LogP contribution in [0.5, 0.6) is 17.2 Å². The van der Waals surface area contributed by atoms with Crippen molar-refractivity contribution in [3.05, 3.63) is 53.1 Å². The number of nitrogens with zero attached hydrogens (tertiary/aromatic N) is 1. The van der Waals surface area contributed by atoms with Crippen LogP contribution in [0.4, 0.5) is 0 Å². The number of carbonyl (C=O) groups is 1. The molecule has 0 aliphatic carbocycles. The molecule has 150 valence electrons. The van der Waals surface area contributed by atoms with Crippen molar-refractivity contribution in [2.75, 3.05) is 27.9 Å². The fourth-order valence-corrected chi connectivity index (χ4v) is 3.83. The zero-order valence-electron chi connectivity index (χ0n) is 17.3.